The molecule has 22 aromatic carbocycles. The van der Waals surface area contributed by atoms with Crippen molar-refractivity contribution in [2.24, 2.45) is 0 Å². The van der Waals surface area contributed by atoms with Crippen LogP contribution in [0.5, 0.6) is 0 Å². The highest BCUT2D eigenvalue weighted by Gasteiger charge is 2.49. The minimum absolute atomic E-state index is 0.521. The van der Waals surface area contributed by atoms with Crippen molar-refractivity contribution in [1.29, 1.82) is 0 Å². The molecule has 0 amide bonds. The Hall–Kier alpha value is -16.1. The lowest BCUT2D eigenvalue weighted by Crippen LogP contribution is -2.28. The van der Waals surface area contributed by atoms with E-state index in [0.29, 0.717) is 11.8 Å². The van der Waals surface area contributed by atoms with Gasteiger partial charge in [-0.05, 0) is 284 Å². The normalized spacial score (nSPS) is 13.0. The van der Waals surface area contributed by atoms with Crippen molar-refractivity contribution >= 4 is 108 Å². The van der Waals surface area contributed by atoms with Crippen LogP contribution in [0.1, 0.15) is 44.5 Å². The van der Waals surface area contributed by atoms with Crippen molar-refractivity contribution < 1.29 is 8.83 Å². The topological polar surface area (TPSA) is 52.1 Å². The van der Waals surface area contributed by atoms with Crippen LogP contribution in [0, 0.1) is 0 Å². The first-order valence-corrected chi connectivity index (χ1v) is 42.7. The molecular weight excluding hydrogens is 1500 g/mol. The van der Waals surface area contributed by atoms with Gasteiger partial charge in [0.05, 0.1) is 10.8 Å². The Morgan fingerprint density at radius 3 is 1.00 bits per heavy atom. The fraction of sp³-hybridized carbons (Fsp3) is 0.0167. The number of aromatic nitrogens is 2. The fourth-order valence-corrected chi connectivity index (χ4v) is 21.0. The number of nitrogens with zero attached hydrogens (tertiary/aromatic N) is 2. The third-order valence-corrected chi connectivity index (χ3v) is 26.6. The van der Waals surface area contributed by atoms with Gasteiger partial charge in [0.1, 0.15) is 11.0 Å². The summed E-state index contributed by atoms with van der Waals surface area (Å²) >= 11 is 0. The van der Waals surface area contributed by atoms with Crippen LogP contribution in [0.25, 0.3) is 198 Å². The van der Waals surface area contributed by atoms with E-state index >= 15 is 0 Å². The number of hydrogen-bond acceptors (Lipinski definition) is 4. The predicted molar refractivity (Wildman–Crippen MR) is 515 cm³/mol. The van der Waals surface area contributed by atoms with Gasteiger partial charge in [-0.3, -0.25) is 0 Å². The van der Waals surface area contributed by atoms with Gasteiger partial charge < -0.3 is 8.83 Å². The zero-order chi connectivity index (χ0) is 81.6. The highest BCUT2D eigenvalue weighted by molar-refractivity contribution is 6.21. The van der Waals surface area contributed by atoms with Gasteiger partial charge in [-0.25, -0.2) is 9.97 Å². The Morgan fingerprint density at radius 2 is 0.516 bits per heavy atom. The summed E-state index contributed by atoms with van der Waals surface area (Å²) in [5, 5.41) is 18.9. The SMILES string of the molecule is c1ccc(-c2nc3ccc4ccc5ccc(-c6cc(-c7ccc8c(c7)C(c7ccccc7)(c7ccccc7)c7c-8ccc8ccccc78)c7ccccc7c6)cc5c4c3o2)cc1.c1ccc(-c2nc3ccc4ccc5ccc(-c6cc(-c7ccc8c(c7)C(c7ccccc7)(c7ccccc7)c7cc9ccccc9cc7-8)c7ccccc7c6)cc5c4c3o2)cc1. The number of oxazole rings is 2. The molecule has 0 unspecified atom stereocenters. The van der Waals surface area contributed by atoms with E-state index in [9.17, 15) is 0 Å². The van der Waals surface area contributed by atoms with E-state index in [4.69, 9.17) is 18.8 Å². The molecule has 26 rings (SSSR count). The molecule has 2 aliphatic carbocycles. The lowest BCUT2D eigenvalue weighted by molar-refractivity contribution is 0.623. The molecule has 24 aromatic rings. The summed E-state index contributed by atoms with van der Waals surface area (Å²) in [4.78, 5) is 9.87. The molecule has 0 radical (unpaired) electrons. The van der Waals surface area contributed by atoms with Gasteiger partial charge in [0.25, 0.3) is 0 Å². The molecule has 4 nitrogen and oxygen atoms in total. The summed E-state index contributed by atoms with van der Waals surface area (Å²) in [5.41, 5.74) is 29.1. The first kappa shape index (κ1) is 70.8. The Balaban J connectivity index is 0.000000136. The molecule has 0 spiro atoms. The molecule has 0 atom stereocenters. The Kier molecular flexibility index (Phi) is 16.1. The molecule has 0 fully saturated rings. The Labute approximate surface area is 716 Å². The standard InChI is InChI=1S/2C60H37NO/c1-4-15-41(16-5-1)59-61-55-33-30-40-26-24-39-25-27-42(35-53(39)56(40)58(55)62-59)45-34-43-17-11-12-22-48(43)52(36-45)44-29-31-50-51-32-28-38-14-10-13-23-49(38)57(51)60(54(50)37-44,46-18-6-2-7-19-46)47-20-8-3-9-21-47;1-4-14-40(15-5-1)59-61-56-31-29-39-26-24-38-25-27-43(33-52(38)57(39)58(56)62-59)46-32-44-18-12-13-23-49(44)51(35-46)45-28-30-50-53-34-41-16-10-11-17-42(41)36-55(53)60(54(50)37-45,47-19-6-2-7-20-47)48-21-8-3-9-22-48/h2*1-37H. The quantitative estimate of drug-likeness (QED) is 0.128. The van der Waals surface area contributed by atoms with E-state index in [1.807, 2.05) is 60.7 Å². The average Bonchev–Trinajstić information content (AvgIpc) is 1.53. The van der Waals surface area contributed by atoms with Gasteiger partial charge in [-0.2, -0.15) is 0 Å². The Morgan fingerprint density at radius 1 is 0.177 bits per heavy atom. The minimum atomic E-state index is -0.538. The number of hydrogen-bond donors (Lipinski definition) is 0. The lowest BCUT2D eigenvalue weighted by atomic mass is 9.66. The van der Waals surface area contributed by atoms with Crippen molar-refractivity contribution in [3.8, 4) is 89.7 Å². The maximum Gasteiger partial charge on any atom is 0.227 e. The average molecular weight is 1580 g/mol. The molecule has 4 heteroatoms. The molecule has 0 saturated carbocycles. The van der Waals surface area contributed by atoms with E-state index in [0.717, 1.165) is 87.5 Å². The summed E-state index contributed by atoms with van der Waals surface area (Å²) in [6.07, 6.45) is 0. The van der Waals surface area contributed by atoms with Crippen LogP contribution in [-0.4, -0.2) is 9.97 Å². The van der Waals surface area contributed by atoms with Crippen LogP contribution in [0.4, 0.5) is 0 Å². The molecule has 0 bridgehead atoms. The van der Waals surface area contributed by atoms with Gasteiger partial charge >= 0.3 is 0 Å². The second kappa shape index (κ2) is 28.3. The fourth-order valence-electron chi connectivity index (χ4n) is 21.0. The third kappa shape index (κ3) is 11.0. The van der Waals surface area contributed by atoms with Gasteiger partial charge in [0.2, 0.25) is 11.8 Å². The predicted octanol–water partition coefficient (Wildman–Crippen LogP) is 31.6. The van der Waals surface area contributed by atoms with Crippen molar-refractivity contribution in [3.05, 3.63) is 493 Å². The number of benzene rings is 22. The molecule has 2 aliphatic rings. The summed E-state index contributed by atoms with van der Waals surface area (Å²) in [5.74, 6) is 1.27. The summed E-state index contributed by atoms with van der Waals surface area (Å²) in [6, 6.07) is 164. The number of fused-ring (bicyclic) bond motifs is 21. The van der Waals surface area contributed by atoms with Gasteiger partial charge in [0, 0.05) is 21.9 Å². The van der Waals surface area contributed by atoms with E-state index in [2.05, 4.69) is 388 Å². The second-order valence-electron chi connectivity index (χ2n) is 33.2. The van der Waals surface area contributed by atoms with E-state index in [-0.39, 0.29) is 0 Å². The van der Waals surface area contributed by atoms with Crippen LogP contribution in [0.15, 0.2) is 458 Å². The molecule has 0 aliphatic heterocycles. The van der Waals surface area contributed by atoms with Crippen LogP contribution in [0.2, 0.25) is 0 Å². The van der Waals surface area contributed by atoms with E-state index in [1.165, 1.54) is 143 Å². The smallest absolute Gasteiger partial charge is 0.227 e. The molecular formula is C120H74N2O2. The molecule has 0 N–H and O–H groups in total. The van der Waals surface area contributed by atoms with Crippen molar-refractivity contribution in [1.82, 2.24) is 9.97 Å². The zero-order valence-electron chi connectivity index (χ0n) is 67.4. The molecule has 124 heavy (non-hydrogen) atoms. The first-order valence-electron chi connectivity index (χ1n) is 42.7. The molecule has 576 valence electrons. The largest absolute Gasteiger partial charge is 0.435 e. The molecule has 2 aromatic heterocycles. The molecule has 2 heterocycles. The third-order valence-electron chi connectivity index (χ3n) is 26.6. The zero-order valence-corrected chi connectivity index (χ0v) is 67.4. The van der Waals surface area contributed by atoms with Crippen molar-refractivity contribution in [2.75, 3.05) is 0 Å². The highest BCUT2D eigenvalue weighted by Crippen LogP contribution is 2.61. The Bertz CT molecular complexity index is 8370. The molecule has 0 saturated heterocycles. The monoisotopic (exact) mass is 1570 g/mol. The summed E-state index contributed by atoms with van der Waals surface area (Å²) in [6.45, 7) is 0. The van der Waals surface area contributed by atoms with Gasteiger partial charge in [0.15, 0.2) is 11.2 Å². The summed E-state index contributed by atoms with van der Waals surface area (Å²) < 4.78 is 13.2. The van der Waals surface area contributed by atoms with E-state index < -0.39 is 10.8 Å². The first-order chi connectivity index (χ1) is 61.4. The maximum atomic E-state index is 6.61. The van der Waals surface area contributed by atoms with Crippen molar-refractivity contribution in [3.63, 3.8) is 0 Å². The van der Waals surface area contributed by atoms with Crippen LogP contribution in [0.3, 0.4) is 0 Å². The van der Waals surface area contributed by atoms with Gasteiger partial charge in [-0.15, -0.1) is 0 Å². The number of rotatable bonds is 10. The van der Waals surface area contributed by atoms with Crippen LogP contribution in [-0.2, 0) is 10.8 Å². The minimum Gasteiger partial charge on any atom is -0.435 e. The van der Waals surface area contributed by atoms with Gasteiger partial charge in [-0.1, -0.05) is 352 Å². The highest BCUT2D eigenvalue weighted by atomic mass is 16.4. The van der Waals surface area contributed by atoms with Crippen molar-refractivity contribution in [2.45, 2.75) is 10.8 Å². The van der Waals surface area contributed by atoms with E-state index in [1.54, 1.807) is 0 Å². The second-order valence-corrected chi connectivity index (χ2v) is 33.2. The van der Waals surface area contributed by atoms with Crippen LogP contribution < -0.4 is 0 Å². The maximum absolute atomic E-state index is 6.61. The summed E-state index contributed by atoms with van der Waals surface area (Å²) in [7, 11) is 0. The van der Waals surface area contributed by atoms with Crippen LogP contribution >= 0.6 is 0 Å². The lowest BCUT2D eigenvalue weighted by Gasteiger charge is -2.35.